The van der Waals surface area contributed by atoms with Gasteiger partial charge in [0.15, 0.2) is 0 Å². The number of likely N-dealkylation sites (tertiary alicyclic amines) is 1. The summed E-state index contributed by atoms with van der Waals surface area (Å²) in [5, 5.41) is 12.4. The Balaban J connectivity index is 1.58. The van der Waals surface area contributed by atoms with Crippen molar-refractivity contribution in [3.8, 4) is 5.75 Å². The first-order valence-corrected chi connectivity index (χ1v) is 10.1. The number of benzene rings is 2. The summed E-state index contributed by atoms with van der Waals surface area (Å²) in [6.07, 6.45) is 3.98. The lowest BCUT2D eigenvalue weighted by molar-refractivity contribution is 0.151. The molecule has 2 N–H and O–H groups in total. The van der Waals surface area contributed by atoms with Gasteiger partial charge in [-0.1, -0.05) is 36.4 Å². The summed E-state index contributed by atoms with van der Waals surface area (Å²) in [7, 11) is 4.14. The molecule has 1 aliphatic rings. The second-order valence-corrected chi connectivity index (χ2v) is 7.83. The molecule has 3 rings (SSSR count). The molecular weight excluding hydrogens is 350 g/mol. The van der Waals surface area contributed by atoms with Crippen LogP contribution in [0.2, 0.25) is 0 Å². The zero-order valence-electron chi connectivity index (χ0n) is 16.9. The molecule has 0 aromatic heterocycles. The molecular formula is C23H31N3O2. The summed E-state index contributed by atoms with van der Waals surface area (Å²) in [6.45, 7) is 2.32. The van der Waals surface area contributed by atoms with Crippen LogP contribution < -0.4 is 5.32 Å². The van der Waals surface area contributed by atoms with Crippen molar-refractivity contribution in [3.63, 3.8) is 0 Å². The van der Waals surface area contributed by atoms with Crippen LogP contribution in [0.5, 0.6) is 5.75 Å². The van der Waals surface area contributed by atoms with Crippen LogP contribution in [0.25, 0.3) is 0 Å². The minimum Gasteiger partial charge on any atom is -0.508 e. The summed E-state index contributed by atoms with van der Waals surface area (Å²) in [5.41, 5.74) is 3.61. The summed E-state index contributed by atoms with van der Waals surface area (Å²) in [4.78, 5) is 17.0. The van der Waals surface area contributed by atoms with Gasteiger partial charge < -0.3 is 20.2 Å². The van der Waals surface area contributed by atoms with E-state index in [1.165, 1.54) is 11.1 Å². The minimum absolute atomic E-state index is 0.0147. The highest BCUT2D eigenvalue weighted by Crippen LogP contribution is 2.31. The van der Waals surface area contributed by atoms with Crippen molar-refractivity contribution in [3.05, 3.63) is 65.2 Å². The lowest BCUT2D eigenvalue weighted by Gasteiger charge is -2.36. The van der Waals surface area contributed by atoms with E-state index in [9.17, 15) is 9.90 Å². The van der Waals surface area contributed by atoms with E-state index in [0.29, 0.717) is 6.54 Å². The van der Waals surface area contributed by atoms with Crippen LogP contribution in [-0.2, 0) is 13.0 Å². The van der Waals surface area contributed by atoms with E-state index in [0.717, 1.165) is 44.3 Å². The number of hydrogen-bond acceptors (Lipinski definition) is 3. The lowest BCUT2D eigenvalue weighted by atomic mass is 9.95. The Hall–Kier alpha value is -2.53. The number of piperidine rings is 1. The number of phenols is 1. The van der Waals surface area contributed by atoms with E-state index in [2.05, 4.69) is 48.6 Å². The summed E-state index contributed by atoms with van der Waals surface area (Å²) in [5.74, 6) is 0.264. The molecule has 0 aliphatic carbocycles. The maximum absolute atomic E-state index is 12.8. The largest absolute Gasteiger partial charge is 0.508 e. The molecule has 1 atom stereocenters. The molecule has 5 nitrogen and oxygen atoms in total. The first-order valence-electron chi connectivity index (χ1n) is 10.1. The van der Waals surface area contributed by atoms with E-state index >= 15 is 0 Å². The monoisotopic (exact) mass is 381 g/mol. The molecule has 1 fully saturated rings. The number of carbonyl (C=O) groups excluding carboxylic acids is 1. The van der Waals surface area contributed by atoms with Gasteiger partial charge in [-0.25, -0.2) is 4.79 Å². The first-order chi connectivity index (χ1) is 13.5. The molecule has 1 heterocycles. The molecule has 0 spiro atoms. The van der Waals surface area contributed by atoms with Gasteiger partial charge in [0.05, 0.1) is 6.04 Å². The highest BCUT2D eigenvalue weighted by atomic mass is 16.3. The predicted molar refractivity (Wildman–Crippen MR) is 112 cm³/mol. The maximum Gasteiger partial charge on any atom is 0.317 e. The fourth-order valence-corrected chi connectivity index (χ4v) is 3.81. The van der Waals surface area contributed by atoms with Crippen LogP contribution >= 0.6 is 0 Å². The normalized spacial score (nSPS) is 17.0. The molecule has 2 aromatic rings. The average Bonchev–Trinajstić information content (AvgIpc) is 2.69. The second-order valence-electron chi connectivity index (χ2n) is 7.83. The van der Waals surface area contributed by atoms with Crippen molar-refractivity contribution >= 4 is 6.03 Å². The van der Waals surface area contributed by atoms with E-state index < -0.39 is 0 Å². The highest BCUT2D eigenvalue weighted by Gasteiger charge is 2.27. The summed E-state index contributed by atoms with van der Waals surface area (Å²) in [6, 6.07) is 16.0. The standard InChI is InChI=1S/C23H31N3O2/c1-25(2)17-19-6-10-20(11-7-19)22-5-3-4-16-26(22)23(28)24-15-14-18-8-12-21(27)13-9-18/h6-13,22,27H,3-5,14-17H2,1-2H3,(H,24,28). The Labute approximate surface area is 168 Å². The molecule has 1 aliphatic heterocycles. The number of aromatic hydroxyl groups is 1. The first kappa shape index (κ1) is 20.2. The van der Waals surface area contributed by atoms with Crippen molar-refractivity contribution in [2.75, 3.05) is 27.2 Å². The molecule has 1 saturated heterocycles. The molecule has 0 saturated carbocycles. The third-order valence-electron chi connectivity index (χ3n) is 5.25. The predicted octanol–water partition coefficient (Wildman–Crippen LogP) is 3.93. The molecule has 2 amide bonds. The van der Waals surface area contributed by atoms with Crippen LogP contribution in [0.3, 0.4) is 0 Å². The zero-order valence-corrected chi connectivity index (χ0v) is 16.9. The molecule has 5 heteroatoms. The molecule has 150 valence electrons. The van der Waals surface area contributed by atoms with Crippen molar-refractivity contribution in [2.24, 2.45) is 0 Å². The molecule has 1 unspecified atom stereocenters. The Kier molecular flexibility index (Phi) is 6.93. The van der Waals surface area contributed by atoms with Gasteiger partial charge in [0.2, 0.25) is 0 Å². The van der Waals surface area contributed by atoms with Crippen LogP contribution in [0.15, 0.2) is 48.5 Å². The maximum atomic E-state index is 12.8. The van der Waals surface area contributed by atoms with Gasteiger partial charge in [-0.05, 0) is 68.6 Å². The number of carbonyl (C=O) groups is 1. The lowest BCUT2D eigenvalue weighted by Crippen LogP contribution is -2.45. The fourth-order valence-electron chi connectivity index (χ4n) is 3.81. The number of rotatable bonds is 6. The Morgan fingerprint density at radius 2 is 1.75 bits per heavy atom. The number of nitrogens with zero attached hydrogens (tertiary/aromatic N) is 2. The van der Waals surface area contributed by atoms with Gasteiger partial charge in [0.1, 0.15) is 5.75 Å². The van der Waals surface area contributed by atoms with Gasteiger partial charge in [-0.15, -0.1) is 0 Å². The van der Waals surface area contributed by atoms with Gasteiger partial charge >= 0.3 is 6.03 Å². The summed E-state index contributed by atoms with van der Waals surface area (Å²) >= 11 is 0. The summed E-state index contributed by atoms with van der Waals surface area (Å²) < 4.78 is 0. The van der Waals surface area contributed by atoms with E-state index in [-0.39, 0.29) is 17.8 Å². The van der Waals surface area contributed by atoms with Crippen molar-refractivity contribution in [2.45, 2.75) is 38.3 Å². The average molecular weight is 382 g/mol. The zero-order chi connectivity index (χ0) is 19.9. The Morgan fingerprint density at radius 1 is 1.07 bits per heavy atom. The van der Waals surface area contributed by atoms with Gasteiger partial charge in [0, 0.05) is 19.6 Å². The van der Waals surface area contributed by atoms with E-state index in [1.54, 1.807) is 12.1 Å². The Morgan fingerprint density at radius 3 is 2.43 bits per heavy atom. The number of hydrogen-bond donors (Lipinski definition) is 2. The van der Waals surface area contributed by atoms with E-state index in [1.807, 2.05) is 17.0 Å². The second kappa shape index (κ2) is 9.60. The number of urea groups is 1. The highest BCUT2D eigenvalue weighted by molar-refractivity contribution is 5.75. The molecule has 0 radical (unpaired) electrons. The van der Waals surface area contributed by atoms with Crippen LogP contribution in [0, 0.1) is 0 Å². The third kappa shape index (κ3) is 5.49. The number of nitrogens with one attached hydrogen (secondary N) is 1. The topological polar surface area (TPSA) is 55.8 Å². The van der Waals surface area contributed by atoms with Crippen molar-refractivity contribution in [1.29, 1.82) is 0 Å². The van der Waals surface area contributed by atoms with Crippen LogP contribution in [0.1, 0.15) is 42.0 Å². The van der Waals surface area contributed by atoms with Crippen LogP contribution in [-0.4, -0.2) is 48.1 Å². The quantitative estimate of drug-likeness (QED) is 0.797. The minimum atomic E-state index is 0.0147. The molecule has 0 bridgehead atoms. The smallest absolute Gasteiger partial charge is 0.317 e. The van der Waals surface area contributed by atoms with Crippen molar-refractivity contribution in [1.82, 2.24) is 15.1 Å². The number of amides is 2. The SMILES string of the molecule is CN(C)Cc1ccc(C2CCCCN2C(=O)NCCc2ccc(O)cc2)cc1. The molecule has 2 aromatic carbocycles. The van der Waals surface area contributed by atoms with Gasteiger partial charge in [-0.3, -0.25) is 0 Å². The van der Waals surface area contributed by atoms with Gasteiger partial charge in [0.25, 0.3) is 0 Å². The van der Waals surface area contributed by atoms with E-state index in [4.69, 9.17) is 0 Å². The Bertz CT molecular complexity index is 756. The van der Waals surface area contributed by atoms with Gasteiger partial charge in [-0.2, -0.15) is 0 Å². The fraction of sp³-hybridized carbons (Fsp3) is 0.435. The number of phenolic OH excluding ortho intramolecular Hbond substituents is 1. The van der Waals surface area contributed by atoms with Crippen LogP contribution in [0.4, 0.5) is 4.79 Å². The molecule has 28 heavy (non-hydrogen) atoms. The van der Waals surface area contributed by atoms with Crippen molar-refractivity contribution < 1.29 is 9.90 Å². The third-order valence-corrected chi connectivity index (χ3v) is 5.25.